The average Bonchev–Trinajstić information content (AvgIpc) is 2.53. The van der Waals surface area contributed by atoms with Crippen LogP contribution in [0, 0.1) is 0 Å². The molecular formula is C17H18ClN3O4S2. The smallest absolute Gasteiger partial charge is 0.265 e. The van der Waals surface area contributed by atoms with Gasteiger partial charge in [0.1, 0.15) is 15.6 Å². The number of aliphatic imine (C=N–C) groups is 1. The molecule has 144 valence electrons. The number of fused-ring (bicyclic) bond motifs is 1. The molecule has 1 aliphatic heterocycles. The van der Waals surface area contributed by atoms with Gasteiger partial charge in [-0.25, -0.2) is 26.6 Å². The minimum Gasteiger partial charge on any atom is -0.267 e. The summed E-state index contributed by atoms with van der Waals surface area (Å²) in [5.41, 5.74) is 0.988. The van der Waals surface area contributed by atoms with Crippen molar-refractivity contribution in [3.05, 3.63) is 53.1 Å². The zero-order valence-corrected chi connectivity index (χ0v) is 17.0. The van der Waals surface area contributed by atoms with Crippen molar-refractivity contribution in [1.29, 1.82) is 0 Å². The molecule has 0 saturated carbocycles. The molecule has 0 atom stereocenters. The third-order valence-electron chi connectivity index (χ3n) is 3.71. The predicted molar refractivity (Wildman–Crippen MR) is 104 cm³/mol. The van der Waals surface area contributed by atoms with Crippen LogP contribution >= 0.6 is 11.6 Å². The Kier molecular flexibility index (Phi) is 5.31. The number of hydrogen-bond acceptors (Lipinski definition) is 5. The Morgan fingerprint density at radius 2 is 1.85 bits per heavy atom. The normalized spacial score (nSPS) is 15.8. The maximum absolute atomic E-state index is 12.6. The molecule has 1 aliphatic rings. The molecule has 0 aliphatic carbocycles. The van der Waals surface area contributed by atoms with E-state index in [0.29, 0.717) is 0 Å². The Hall–Kier alpha value is -1.94. The molecule has 0 bridgehead atoms. The standard InChI is InChI=1S/C17H18ClN3O4S2/c1-11(2)20-26(22,23)15-10-16-14(9-13(15)18)19-17(21-27(16,24)25)8-12-6-4-3-5-7-12/h3-7,9-11,20H,8H2,1-2H3,(H,19,21). The highest BCUT2D eigenvalue weighted by Gasteiger charge is 2.30. The Labute approximate surface area is 163 Å². The second-order valence-electron chi connectivity index (χ2n) is 6.35. The molecule has 0 spiro atoms. The molecule has 27 heavy (non-hydrogen) atoms. The number of nitrogens with zero attached hydrogens (tertiary/aromatic N) is 1. The van der Waals surface area contributed by atoms with E-state index in [2.05, 4.69) is 14.4 Å². The van der Waals surface area contributed by atoms with E-state index in [1.165, 1.54) is 6.07 Å². The number of halogens is 1. The highest BCUT2D eigenvalue weighted by atomic mass is 35.5. The summed E-state index contributed by atoms with van der Waals surface area (Å²) in [5, 5.41) is -0.0955. The highest BCUT2D eigenvalue weighted by Crippen LogP contribution is 2.35. The van der Waals surface area contributed by atoms with Crippen molar-refractivity contribution in [3.63, 3.8) is 0 Å². The largest absolute Gasteiger partial charge is 0.267 e. The molecule has 0 unspecified atom stereocenters. The lowest BCUT2D eigenvalue weighted by Crippen LogP contribution is -2.35. The summed E-state index contributed by atoms with van der Waals surface area (Å²) in [6.07, 6.45) is 0.284. The summed E-state index contributed by atoms with van der Waals surface area (Å²) in [6, 6.07) is 11.2. The van der Waals surface area contributed by atoms with E-state index in [1.807, 2.05) is 30.3 Å². The second-order valence-corrected chi connectivity index (χ2v) is 10.1. The van der Waals surface area contributed by atoms with Gasteiger partial charge in [0.25, 0.3) is 10.0 Å². The number of amidine groups is 1. The fraction of sp³-hybridized carbons (Fsp3) is 0.235. The highest BCUT2D eigenvalue weighted by molar-refractivity contribution is 7.91. The van der Waals surface area contributed by atoms with Crippen molar-refractivity contribution in [3.8, 4) is 0 Å². The Balaban J connectivity index is 2.07. The van der Waals surface area contributed by atoms with Gasteiger partial charge in [-0.15, -0.1) is 0 Å². The Morgan fingerprint density at radius 3 is 2.48 bits per heavy atom. The van der Waals surface area contributed by atoms with E-state index in [-0.39, 0.29) is 38.8 Å². The van der Waals surface area contributed by atoms with Gasteiger partial charge in [0.15, 0.2) is 0 Å². The van der Waals surface area contributed by atoms with Gasteiger partial charge in [-0.05, 0) is 31.5 Å². The molecule has 2 N–H and O–H groups in total. The van der Waals surface area contributed by atoms with Crippen LogP contribution in [-0.2, 0) is 26.5 Å². The Morgan fingerprint density at radius 1 is 1.19 bits per heavy atom. The van der Waals surface area contributed by atoms with Crippen LogP contribution in [0.2, 0.25) is 5.02 Å². The van der Waals surface area contributed by atoms with E-state index >= 15 is 0 Å². The minimum atomic E-state index is -3.97. The topological polar surface area (TPSA) is 105 Å². The van der Waals surface area contributed by atoms with Gasteiger partial charge in [0.05, 0.1) is 10.7 Å². The maximum atomic E-state index is 12.6. The molecule has 1 heterocycles. The monoisotopic (exact) mass is 427 g/mol. The van der Waals surface area contributed by atoms with Crippen molar-refractivity contribution < 1.29 is 16.8 Å². The van der Waals surface area contributed by atoms with Crippen molar-refractivity contribution in [2.45, 2.75) is 36.1 Å². The zero-order chi connectivity index (χ0) is 19.8. The van der Waals surface area contributed by atoms with Crippen molar-refractivity contribution in [1.82, 2.24) is 9.44 Å². The van der Waals surface area contributed by atoms with E-state index in [0.717, 1.165) is 11.6 Å². The van der Waals surface area contributed by atoms with Crippen molar-refractivity contribution in [2.24, 2.45) is 4.99 Å². The van der Waals surface area contributed by atoms with Crippen LogP contribution in [0.1, 0.15) is 19.4 Å². The fourth-order valence-corrected chi connectivity index (χ4v) is 5.71. The summed E-state index contributed by atoms with van der Waals surface area (Å²) >= 11 is 6.13. The molecule has 2 aromatic carbocycles. The third-order valence-corrected chi connectivity index (χ3v) is 7.24. The predicted octanol–water partition coefficient (Wildman–Crippen LogP) is 2.59. The summed E-state index contributed by atoms with van der Waals surface area (Å²) in [5.74, 6) is 0.237. The number of rotatable bonds is 5. The van der Waals surface area contributed by atoms with Gasteiger partial charge in [-0.2, -0.15) is 0 Å². The number of benzene rings is 2. The first-order chi connectivity index (χ1) is 12.6. The maximum Gasteiger partial charge on any atom is 0.265 e. The molecule has 3 rings (SSSR count). The summed E-state index contributed by atoms with van der Waals surface area (Å²) < 4.78 is 54.9. The molecule has 0 aromatic heterocycles. The van der Waals surface area contributed by atoms with Crippen LogP contribution in [0.25, 0.3) is 0 Å². The van der Waals surface area contributed by atoms with Crippen LogP contribution in [0.3, 0.4) is 0 Å². The quantitative estimate of drug-likeness (QED) is 0.765. The average molecular weight is 428 g/mol. The fourth-order valence-electron chi connectivity index (χ4n) is 2.65. The molecule has 2 aromatic rings. The summed E-state index contributed by atoms with van der Waals surface area (Å²) in [6.45, 7) is 3.31. The van der Waals surface area contributed by atoms with Gasteiger partial charge in [0, 0.05) is 12.5 Å². The molecule has 0 fully saturated rings. The molecule has 0 saturated heterocycles. The van der Waals surface area contributed by atoms with Crippen molar-refractivity contribution >= 4 is 43.2 Å². The molecular weight excluding hydrogens is 410 g/mol. The van der Waals surface area contributed by atoms with Gasteiger partial charge in [-0.3, -0.25) is 4.72 Å². The first kappa shape index (κ1) is 19.8. The van der Waals surface area contributed by atoms with Gasteiger partial charge in [-0.1, -0.05) is 41.9 Å². The first-order valence-corrected chi connectivity index (χ1v) is 11.4. The first-order valence-electron chi connectivity index (χ1n) is 8.09. The van der Waals surface area contributed by atoms with E-state index in [1.54, 1.807) is 13.8 Å². The Bertz CT molecular complexity index is 1110. The third kappa shape index (κ3) is 4.32. The van der Waals surface area contributed by atoms with E-state index < -0.39 is 20.0 Å². The lowest BCUT2D eigenvalue weighted by Gasteiger charge is -2.20. The van der Waals surface area contributed by atoms with Crippen LogP contribution < -0.4 is 9.44 Å². The molecule has 10 heteroatoms. The number of nitrogens with one attached hydrogen (secondary N) is 2. The van der Waals surface area contributed by atoms with Crippen LogP contribution in [0.5, 0.6) is 0 Å². The second kappa shape index (κ2) is 7.23. The number of sulfonamides is 2. The number of hydrogen-bond donors (Lipinski definition) is 2. The van der Waals surface area contributed by atoms with Gasteiger partial charge in [0.2, 0.25) is 10.0 Å². The van der Waals surface area contributed by atoms with Crippen LogP contribution in [0.15, 0.2) is 57.2 Å². The lowest BCUT2D eigenvalue weighted by molar-refractivity contribution is 0.569. The van der Waals surface area contributed by atoms with Crippen LogP contribution in [-0.4, -0.2) is 28.7 Å². The molecule has 0 radical (unpaired) electrons. The SMILES string of the molecule is CC(C)NS(=O)(=O)c1cc2c(cc1Cl)N=C(Cc1ccccc1)NS2(=O)=O. The van der Waals surface area contributed by atoms with Gasteiger partial charge >= 0.3 is 0 Å². The summed E-state index contributed by atoms with van der Waals surface area (Å²) in [7, 11) is -7.93. The van der Waals surface area contributed by atoms with E-state index in [9.17, 15) is 16.8 Å². The zero-order valence-electron chi connectivity index (χ0n) is 14.6. The lowest BCUT2D eigenvalue weighted by atomic mass is 10.1. The van der Waals surface area contributed by atoms with Gasteiger partial charge < -0.3 is 0 Å². The molecule has 7 nitrogen and oxygen atoms in total. The van der Waals surface area contributed by atoms with Crippen LogP contribution in [0.4, 0.5) is 5.69 Å². The van der Waals surface area contributed by atoms with Crippen molar-refractivity contribution in [2.75, 3.05) is 0 Å². The molecule has 0 amide bonds. The summed E-state index contributed by atoms with van der Waals surface area (Å²) in [4.78, 5) is 3.78. The van der Waals surface area contributed by atoms with E-state index in [4.69, 9.17) is 11.6 Å². The minimum absolute atomic E-state index is 0.0955.